The van der Waals surface area contributed by atoms with Crippen LogP contribution in [0, 0.1) is 19.8 Å². The van der Waals surface area contributed by atoms with Gasteiger partial charge >= 0.3 is 5.97 Å². The van der Waals surface area contributed by atoms with Crippen LogP contribution in [0.1, 0.15) is 34.8 Å². The zero-order chi connectivity index (χ0) is 13.7. The minimum Gasteiger partial charge on any atom is -0.481 e. The molecule has 1 amide bonds. The summed E-state index contributed by atoms with van der Waals surface area (Å²) in [6, 6.07) is 5.52. The molecule has 18 heavy (non-hydrogen) atoms. The molecule has 2 N–H and O–H groups in total. The van der Waals surface area contributed by atoms with Crippen molar-refractivity contribution in [2.45, 2.75) is 27.2 Å². The van der Waals surface area contributed by atoms with Crippen molar-refractivity contribution < 1.29 is 14.7 Å². The fraction of sp³-hybridized carbons (Fsp3) is 0.429. The molecular weight excluding hydrogens is 230 g/mol. The number of carboxylic acid groups (broad SMARTS) is 1. The molecule has 98 valence electrons. The number of carbonyl (C=O) groups is 2. The first-order valence-electron chi connectivity index (χ1n) is 6.04. The van der Waals surface area contributed by atoms with E-state index in [0.29, 0.717) is 12.0 Å². The van der Waals surface area contributed by atoms with Gasteiger partial charge in [0.05, 0.1) is 5.92 Å². The van der Waals surface area contributed by atoms with Crippen LogP contribution in [0.25, 0.3) is 0 Å². The Hall–Kier alpha value is -1.84. The predicted molar refractivity (Wildman–Crippen MR) is 69.7 cm³/mol. The van der Waals surface area contributed by atoms with Gasteiger partial charge in [-0.05, 0) is 37.5 Å². The SMILES string of the molecule is CCC(CNC(=O)c1cccc(C)c1C)C(=O)O. The zero-order valence-corrected chi connectivity index (χ0v) is 11.0. The normalized spacial score (nSPS) is 11.9. The standard InChI is InChI=1S/C14H19NO3/c1-4-11(14(17)18)8-15-13(16)12-7-5-6-9(2)10(12)3/h5-7,11H,4,8H2,1-3H3,(H,15,16)(H,17,18). The Morgan fingerprint density at radius 1 is 1.33 bits per heavy atom. The first kappa shape index (κ1) is 14.2. The lowest BCUT2D eigenvalue weighted by atomic mass is 10.0. The van der Waals surface area contributed by atoms with Gasteiger partial charge in [0.15, 0.2) is 0 Å². The molecule has 0 saturated carbocycles. The average Bonchev–Trinajstić information content (AvgIpc) is 2.32. The van der Waals surface area contributed by atoms with Crippen LogP contribution in [0.5, 0.6) is 0 Å². The number of amides is 1. The quantitative estimate of drug-likeness (QED) is 0.840. The van der Waals surface area contributed by atoms with Gasteiger partial charge in [-0.1, -0.05) is 19.1 Å². The van der Waals surface area contributed by atoms with Crippen LogP contribution < -0.4 is 5.32 Å². The lowest BCUT2D eigenvalue weighted by molar-refractivity contribution is -0.141. The van der Waals surface area contributed by atoms with E-state index in [4.69, 9.17) is 5.11 Å². The van der Waals surface area contributed by atoms with Crippen molar-refractivity contribution in [1.29, 1.82) is 0 Å². The van der Waals surface area contributed by atoms with Crippen LogP contribution in [-0.4, -0.2) is 23.5 Å². The Morgan fingerprint density at radius 2 is 2.00 bits per heavy atom. The summed E-state index contributed by atoms with van der Waals surface area (Å²) in [5.41, 5.74) is 2.58. The summed E-state index contributed by atoms with van der Waals surface area (Å²) >= 11 is 0. The van der Waals surface area contributed by atoms with Gasteiger partial charge in [-0.3, -0.25) is 9.59 Å². The number of aliphatic carboxylic acids is 1. The molecule has 1 aromatic rings. The molecule has 4 heteroatoms. The summed E-state index contributed by atoms with van der Waals surface area (Å²) in [7, 11) is 0. The average molecular weight is 249 g/mol. The Bertz CT molecular complexity index is 454. The molecule has 1 aromatic carbocycles. The number of hydrogen-bond donors (Lipinski definition) is 2. The number of carbonyl (C=O) groups excluding carboxylic acids is 1. The summed E-state index contributed by atoms with van der Waals surface area (Å²) in [4.78, 5) is 22.8. The Labute approximate surface area is 107 Å². The first-order chi connectivity index (χ1) is 8.47. The molecule has 0 spiro atoms. The second-order valence-electron chi connectivity index (χ2n) is 4.40. The smallest absolute Gasteiger partial charge is 0.308 e. The van der Waals surface area contributed by atoms with E-state index in [9.17, 15) is 9.59 Å². The van der Waals surface area contributed by atoms with Crippen molar-refractivity contribution in [3.05, 3.63) is 34.9 Å². The molecule has 0 aliphatic heterocycles. The van der Waals surface area contributed by atoms with E-state index >= 15 is 0 Å². The predicted octanol–water partition coefficient (Wildman–Crippen LogP) is 2.14. The van der Waals surface area contributed by atoms with Crippen molar-refractivity contribution in [2.75, 3.05) is 6.54 Å². The summed E-state index contributed by atoms with van der Waals surface area (Å²) < 4.78 is 0. The number of carboxylic acids is 1. The molecule has 0 radical (unpaired) electrons. The highest BCUT2D eigenvalue weighted by molar-refractivity contribution is 5.96. The van der Waals surface area contributed by atoms with Crippen LogP contribution in [0.4, 0.5) is 0 Å². The fourth-order valence-corrected chi connectivity index (χ4v) is 1.71. The van der Waals surface area contributed by atoms with Crippen molar-refractivity contribution in [1.82, 2.24) is 5.32 Å². The van der Waals surface area contributed by atoms with Crippen molar-refractivity contribution >= 4 is 11.9 Å². The van der Waals surface area contributed by atoms with E-state index in [0.717, 1.165) is 11.1 Å². The number of rotatable bonds is 5. The van der Waals surface area contributed by atoms with Gasteiger partial charge in [-0.2, -0.15) is 0 Å². The van der Waals surface area contributed by atoms with E-state index in [-0.39, 0.29) is 12.5 Å². The van der Waals surface area contributed by atoms with Crippen molar-refractivity contribution in [2.24, 2.45) is 5.92 Å². The molecule has 0 aromatic heterocycles. The molecule has 1 rings (SSSR count). The van der Waals surface area contributed by atoms with Gasteiger partial charge < -0.3 is 10.4 Å². The highest BCUT2D eigenvalue weighted by atomic mass is 16.4. The summed E-state index contributed by atoms with van der Waals surface area (Å²) in [5.74, 6) is -1.62. The summed E-state index contributed by atoms with van der Waals surface area (Å²) in [6.07, 6.45) is 0.502. The van der Waals surface area contributed by atoms with Crippen molar-refractivity contribution in [3.63, 3.8) is 0 Å². The van der Waals surface area contributed by atoms with Gasteiger partial charge in [0, 0.05) is 12.1 Å². The maximum atomic E-state index is 12.0. The minimum absolute atomic E-state index is 0.165. The third-order valence-corrected chi connectivity index (χ3v) is 3.20. The van der Waals surface area contributed by atoms with Gasteiger partial charge in [-0.15, -0.1) is 0 Å². The van der Waals surface area contributed by atoms with Crippen molar-refractivity contribution in [3.8, 4) is 0 Å². The molecule has 0 aliphatic rings. The van der Waals surface area contributed by atoms with Crippen LogP contribution in [0.2, 0.25) is 0 Å². The van der Waals surface area contributed by atoms with E-state index in [2.05, 4.69) is 5.32 Å². The lowest BCUT2D eigenvalue weighted by Gasteiger charge is -2.13. The first-order valence-corrected chi connectivity index (χ1v) is 6.04. The van der Waals surface area contributed by atoms with Crippen LogP contribution in [0.3, 0.4) is 0 Å². The number of aryl methyl sites for hydroxylation is 1. The third-order valence-electron chi connectivity index (χ3n) is 3.20. The molecule has 0 bridgehead atoms. The third kappa shape index (κ3) is 3.32. The van der Waals surface area contributed by atoms with E-state index in [1.807, 2.05) is 26.0 Å². The molecule has 0 aliphatic carbocycles. The van der Waals surface area contributed by atoms with E-state index in [1.54, 1.807) is 13.0 Å². The largest absolute Gasteiger partial charge is 0.481 e. The van der Waals surface area contributed by atoms with Gasteiger partial charge in [0.25, 0.3) is 5.91 Å². The molecule has 4 nitrogen and oxygen atoms in total. The van der Waals surface area contributed by atoms with Gasteiger partial charge in [-0.25, -0.2) is 0 Å². The Balaban J connectivity index is 2.71. The van der Waals surface area contributed by atoms with Crippen LogP contribution in [0.15, 0.2) is 18.2 Å². The summed E-state index contributed by atoms with van der Waals surface area (Å²) in [5, 5.41) is 11.6. The number of nitrogens with one attached hydrogen (secondary N) is 1. The van der Waals surface area contributed by atoms with E-state index in [1.165, 1.54) is 0 Å². The van der Waals surface area contributed by atoms with Crippen LogP contribution in [-0.2, 0) is 4.79 Å². The molecule has 1 atom stereocenters. The zero-order valence-electron chi connectivity index (χ0n) is 11.0. The fourth-order valence-electron chi connectivity index (χ4n) is 1.71. The van der Waals surface area contributed by atoms with Crippen LogP contribution >= 0.6 is 0 Å². The number of benzene rings is 1. The molecule has 0 heterocycles. The molecule has 0 saturated heterocycles. The Morgan fingerprint density at radius 3 is 2.56 bits per heavy atom. The second kappa shape index (κ2) is 6.19. The maximum Gasteiger partial charge on any atom is 0.308 e. The highest BCUT2D eigenvalue weighted by Gasteiger charge is 2.17. The second-order valence-corrected chi connectivity index (χ2v) is 4.40. The van der Waals surface area contributed by atoms with Gasteiger partial charge in [0.1, 0.15) is 0 Å². The molecule has 0 fully saturated rings. The highest BCUT2D eigenvalue weighted by Crippen LogP contribution is 2.12. The topological polar surface area (TPSA) is 66.4 Å². The monoisotopic (exact) mass is 249 g/mol. The Kier molecular flexibility index (Phi) is 4.89. The van der Waals surface area contributed by atoms with E-state index < -0.39 is 11.9 Å². The minimum atomic E-state index is -0.876. The lowest BCUT2D eigenvalue weighted by Crippen LogP contribution is -2.33. The summed E-state index contributed by atoms with van der Waals surface area (Å²) in [6.45, 7) is 5.79. The van der Waals surface area contributed by atoms with Gasteiger partial charge in [0.2, 0.25) is 0 Å². The molecular formula is C14H19NO3. The maximum absolute atomic E-state index is 12.0. The number of hydrogen-bond acceptors (Lipinski definition) is 2. The molecule has 1 unspecified atom stereocenters.